The summed E-state index contributed by atoms with van der Waals surface area (Å²) in [4.78, 5) is 17.8. The Bertz CT molecular complexity index is 1080. The molecule has 0 fully saturated rings. The molecule has 1 aromatic rings. The van der Waals surface area contributed by atoms with Gasteiger partial charge in [-0.2, -0.15) is 9.99 Å². The second kappa shape index (κ2) is 6.28. The number of fused-ring (bicyclic) bond motifs is 3. The molecule has 0 saturated carbocycles. The quantitative estimate of drug-likeness (QED) is 0.621. The van der Waals surface area contributed by atoms with Gasteiger partial charge in [0, 0.05) is 24.1 Å². The lowest BCUT2D eigenvalue weighted by atomic mass is 10.0. The summed E-state index contributed by atoms with van der Waals surface area (Å²) < 4.78 is 20.6. The maximum atomic E-state index is 14.6. The van der Waals surface area contributed by atoms with Crippen molar-refractivity contribution >= 4 is 34.3 Å². The third-order valence-corrected chi connectivity index (χ3v) is 4.05. The van der Waals surface area contributed by atoms with Gasteiger partial charge in [-0.05, 0) is 26.8 Å². The van der Waals surface area contributed by atoms with Gasteiger partial charge in [0.15, 0.2) is 5.82 Å². The van der Waals surface area contributed by atoms with E-state index >= 15 is 0 Å². The van der Waals surface area contributed by atoms with Crippen LogP contribution < -0.4 is 4.90 Å². The van der Waals surface area contributed by atoms with Crippen LogP contribution in [0.4, 0.5) is 14.9 Å². The molecule has 1 N–H and O–H groups in total. The second-order valence-electron chi connectivity index (χ2n) is 6.98. The third kappa shape index (κ3) is 3.22. The van der Waals surface area contributed by atoms with Crippen LogP contribution in [-0.2, 0) is 4.74 Å². The molecule has 0 atom stereocenters. The van der Waals surface area contributed by atoms with Crippen LogP contribution in [0, 0.1) is 17.1 Å². The minimum atomic E-state index is -0.825. The van der Waals surface area contributed by atoms with Crippen molar-refractivity contribution in [2.24, 2.45) is 0 Å². The minimum Gasteiger partial charge on any atom is -0.443 e. The van der Waals surface area contributed by atoms with Gasteiger partial charge in [-0.25, -0.2) is 14.2 Å². The molecule has 0 radical (unpaired) electrons. The standard InChI is InChI=1S/C18H16ClFN4O3/c1-18(2,3)27-17(25)23(4)13-6-12(20)11(7-21)14-10-5-9(19)8-24(26)16(10)22-15(13)14/h5-6,8,26H,1-4H3. The Kier molecular flexibility index (Phi) is 4.36. The van der Waals surface area contributed by atoms with Crippen LogP contribution in [0.3, 0.4) is 0 Å². The van der Waals surface area contributed by atoms with E-state index in [1.54, 1.807) is 26.8 Å². The molecule has 1 aromatic carbocycles. The fraction of sp³-hybridized carbons (Fsp3) is 0.278. The predicted octanol–water partition coefficient (Wildman–Crippen LogP) is 4.41. The monoisotopic (exact) mass is 390 g/mol. The molecule has 0 bridgehead atoms. The summed E-state index contributed by atoms with van der Waals surface area (Å²) >= 11 is 5.97. The summed E-state index contributed by atoms with van der Waals surface area (Å²) in [5.41, 5.74) is -0.447. The molecule has 0 aromatic heterocycles. The normalized spacial score (nSPS) is 11.6. The van der Waals surface area contributed by atoms with E-state index in [1.807, 2.05) is 0 Å². The molecular formula is C18H16ClFN4O3. The lowest BCUT2D eigenvalue weighted by Crippen LogP contribution is -2.34. The zero-order valence-corrected chi connectivity index (χ0v) is 15.8. The summed E-state index contributed by atoms with van der Waals surface area (Å²) in [7, 11) is 1.41. The van der Waals surface area contributed by atoms with E-state index in [-0.39, 0.29) is 38.6 Å². The maximum absolute atomic E-state index is 14.6. The Morgan fingerprint density at radius 1 is 1.44 bits per heavy atom. The zero-order chi connectivity index (χ0) is 20.1. The average molecular weight is 391 g/mol. The van der Waals surface area contributed by atoms with Crippen molar-refractivity contribution in [3.05, 3.63) is 34.7 Å². The minimum absolute atomic E-state index is 0.0790. The Morgan fingerprint density at radius 2 is 2.11 bits per heavy atom. The number of hydrogen-bond donors (Lipinski definition) is 1. The molecule has 0 unspecified atom stereocenters. The van der Waals surface area contributed by atoms with Crippen LogP contribution in [0.2, 0.25) is 5.02 Å². The van der Waals surface area contributed by atoms with Gasteiger partial charge in [0.25, 0.3) is 0 Å². The van der Waals surface area contributed by atoms with E-state index in [9.17, 15) is 19.7 Å². The highest BCUT2D eigenvalue weighted by molar-refractivity contribution is 6.31. The Balaban J connectivity index is 2.32. The fourth-order valence-electron chi connectivity index (χ4n) is 2.74. The number of amides is 1. The van der Waals surface area contributed by atoms with Gasteiger partial charge < -0.3 is 9.94 Å². The van der Waals surface area contributed by atoms with E-state index in [1.165, 1.54) is 19.3 Å². The number of aromatic nitrogens is 2. The zero-order valence-electron chi connectivity index (χ0n) is 15.0. The molecule has 0 aliphatic carbocycles. The van der Waals surface area contributed by atoms with Crippen LogP contribution in [0.25, 0.3) is 22.3 Å². The number of ether oxygens (including phenoxy) is 1. The van der Waals surface area contributed by atoms with E-state index in [4.69, 9.17) is 16.3 Å². The van der Waals surface area contributed by atoms with Crippen LogP contribution >= 0.6 is 11.6 Å². The lowest BCUT2D eigenvalue weighted by Gasteiger charge is -2.25. The highest BCUT2D eigenvalue weighted by Gasteiger charge is 2.28. The van der Waals surface area contributed by atoms with Crippen LogP contribution in [0.5, 0.6) is 0 Å². The summed E-state index contributed by atoms with van der Waals surface area (Å²) in [5.74, 6) is -0.746. The Hall–Kier alpha value is -3.05. The summed E-state index contributed by atoms with van der Waals surface area (Å²) in [5, 5.41) is 19.8. The van der Waals surface area contributed by atoms with E-state index < -0.39 is 17.5 Å². The van der Waals surface area contributed by atoms with Crippen LogP contribution in [0.15, 0.2) is 18.3 Å². The number of rotatable bonds is 1. The van der Waals surface area contributed by atoms with Gasteiger partial charge in [0.1, 0.15) is 17.5 Å². The van der Waals surface area contributed by atoms with E-state index in [2.05, 4.69) is 4.98 Å². The maximum Gasteiger partial charge on any atom is 0.414 e. The topological polar surface area (TPSA) is 91.4 Å². The number of carbonyl (C=O) groups excluding carboxylic acids is 1. The fourth-order valence-corrected chi connectivity index (χ4v) is 2.94. The largest absolute Gasteiger partial charge is 0.443 e. The number of nitrogens with zero attached hydrogens (tertiary/aromatic N) is 4. The van der Waals surface area contributed by atoms with Gasteiger partial charge in [-0.1, -0.05) is 11.6 Å². The highest BCUT2D eigenvalue weighted by Crippen LogP contribution is 2.40. The molecule has 3 rings (SSSR count). The number of halogens is 2. The number of anilines is 1. The highest BCUT2D eigenvalue weighted by atomic mass is 35.5. The number of hydrogen-bond acceptors (Lipinski definition) is 5. The van der Waals surface area contributed by atoms with Crippen molar-refractivity contribution in [1.29, 1.82) is 5.26 Å². The molecule has 9 heteroatoms. The van der Waals surface area contributed by atoms with Crippen LogP contribution in [-0.4, -0.2) is 33.7 Å². The van der Waals surface area contributed by atoms with Crippen molar-refractivity contribution in [3.8, 4) is 17.5 Å². The number of benzene rings is 1. The van der Waals surface area contributed by atoms with E-state index in [0.29, 0.717) is 4.73 Å². The number of nitriles is 1. The molecule has 140 valence electrons. The molecule has 27 heavy (non-hydrogen) atoms. The number of pyridine rings is 1. The molecule has 2 aliphatic heterocycles. The predicted molar refractivity (Wildman–Crippen MR) is 97.9 cm³/mol. The van der Waals surface area contributed by atoms with Gasteiger partial charge in [0.05, 0.1) is 28.0 Å². The molecule has 1 amide bonds. The van der Waals surface area contributed by atoms with Crippen LogP contribution in [0.1, 0.15) is 26.3 Å². The van der Waals surface area contributed by atoms with Gasteiger partial charge in [-0.3, -0.25) is 4.90 Å². The van der Waals surface area contributed by atoms with Gasteiger partial charge in [-0.15, -0.1) is 0 Å². The van der Waals surface area contributed by atoms with E-state index in [0.717, 1.165) is 11.0 Å². The first kappa shape index (κ1) is 18.7. The molecule has 0 saturated heterocycles. The first-order chi connectivity index (χ1) is 12.5. The van der Waals surface area contributed by atoms with Crippen molar-refractivity contribution in [3.63, 3.8) is 0 Å². The Morgan fingerprint density at radius 3 is 2.70 bits per heavy atom. The lowest BCUT2D eigenvalue weighted by molar-refractivity contribution is 0.0589. The van der Waals surface area contributed by atoms with Gasteiger partial charge in [0.2, 0.25) is 0 Å². The molecule has 7 nitrogen and oxygen atoms in total. The second-order valence-corrected chi connectivity index (χ2v) is 7.42. The molecule has 2 aliphatic rings. The summed E-state index contributed by atoms with van der Waals surface area (Å²) in [6.07, 6.45) is 0.505. The molecule has 0 spiro atoms. The molecule has 2 heterocycles. The SMILES string of the molecule is CN(C(=O)OC(C)(C)C)c1cc(F)c(C#N)c2c3cc(Cl)cn(O)c-3nc12. The smallest absolute Gasteiger partial charge is 0.414 e. The third-order valence-electron chi connectivity index (χ3n) is 3.85. The van der Waals surface area contributed by atoms with Gasteiger partial charge >= 0.3 is 6.09 Å². The summed E-state index contributed by atoms with van der Waals surface area (Å²) in [6, 6.07) is 4.32. The van der Waals surface area contributed by atoms with Crippen molar-refractivity contribution < 1.29 is 19.1 Å². The summed E-state index contributed by atoms with van der Waals surface area (Å²) in [6.45, 7) is 5.12. The van der Waals surface area contributed by atoms with Crippen molar-refractivity contribution in [2.75, 3.05) is 11.9 Å². The number of carbonyl (C=O) groups is 1. The first-order valence-electron chi connectivity index (χ1n) is 7.93. The van der Waals surface area contributed by atoms with Crippen molar-refractivity contribution in [2.45, 2.75) is 26.4 Å². The first-order valence-corrected chi connectivity index (χ1v) is 8.31. The average Bonchev–Trinajstić information content (AvgIpc) is 2.91. The Labute approximate surface area is 159 Å². The molecular weight excluding hydrogens is 375 g/mol. The van der Waals surface area contributed by atoms with Crippen molar-refractivity contribution in [1.82, 2.24) is 9.71 Å².